The van der Waals surface area contributed by atoms with Crippen molar-refractivity contribution in [2.45, 2.75) is 17.8 Å². The van der Waals surface area contributed by atoms with Crippen LogP contribution in [0.25, 0.3) is 10.2 Å². The number of thiazole rings is 1. The number of nitrogens with zero attached hydrogens (tertiary/aromatic N) is 3. The van der Waals surface area contributed by atoms with E-state index in [1.807, 2.05) is 4.98 Å². The highest BCUT2D eigenvalue weighted by Crippen LogP contribution is 2.24. The predicted octanol–water partition coefficient (Wildman–Crippen LogP) is -0.129. The zero-order chi connectivity index (χ0) is 23.5. The first-order valence-electron chi connectivity index (χ1n) is 8.93. The summed E-state index contributed by atoms with van der Waals surface area (Å²) in [5, 5.41) is 9.27. The van der Waals surface area contributed by atoms with Gasteiger partial charge in [-0.1, -0.05) is 12.1 Å². The van der Waals surface area contributed by atoms with Gasteiger partial charge >= 0.3 is 11.8 Å². The first-order chi connectivity index (χ1) is 15.1. The van der Waals surface area contributed by atoms with E-state index in [4.69, 9.17) is 5.11 Å². The molecule has 3 rings (SSSR count). The Morgan fingerprint density at radius 3 is 2.72 bits per heavy atom. The fourth-order valence-electron chi connectivity index (χ4n) is 2.59. The normalized spacial score (nSPS) is 11.4. The van der Waals surface area contributed by atoms with Crippen LogP contribution in [0.1, 0.15) is 5.56 Å². The molecule has 0 spiro atoms. The molecule has 1 amide bonds. The van der Waals surface area contributed by atoms with Gasteiger partial charge in [0.15, 0.2) is 0 Å². The van der Waals surface area contributed by atoms with Gasteiger partial charge in [0.1, 0.15) is 6.54 Å². The molecule has 0 fully saturated rings. The standard InChI is InChI=1S/C17H17N5O8S2/c1-10-8-21(15(25)20-14(10)24)9-13(23)22(30-17(26)27)7-6-18-32(28,29)16-19-11-4-2-3-5-12(11)31-16/h2-5,8,18H,6-7,9H2,1H3,(H,26,27)(H,20,24,25). The number of fused-ring (bicyclic) bond motifs is 1. The molecule has 0 radical (unpaired) electrons. The number of para-hydroxylation sites is 1. The molecule has 2 heterocycles. The lowest BCUT2D eigenvalue weighted by atomic mass is 10.3. The number of sulfonamides is 1. The lowest BCUT2D eigenvalue weighted by Crippen LogP contribution is -2.43. The van der Waals surface area contributed by atoms with Crippen molar-refractivity contribution in [2.75, 3.05) is 13.1 Å². The minimum atomic E-state index is -4.03. The monoisotopic (exact) mass is 483 g/mol. The highest BCUT2D eigenvalue weighted by Gasteiger charge is 2.23. The highest BCUT2D eigenvalue weighted by atomic mass is 32.2. The molecule has 170 valence electrons. The number of nitrogens with one attached hydrogen (secondary N) is 2. The Hall–Kier alpha value is -3.56. The summed E-state index contributed by atoms with van der Waals surface area (Å²) in [6.45, 7) is -0.0981. The van der Waals surface area contributed by atoms with E-state index < -0.39 is 53.0 Å². The molecule has 0 atom stereocenters. The van der Waals surface area contributed by atoms with Crippen molar-refractivity contribution < 1.29 is 28.0 Å². The number of aryl methyl sites for hydroxylation is 1. The average molecular weight is 483 g/mol. The Bertz CT molecular complexity index is 1360. The van der Waals surface area contributed by atoms with Crippen LogP contribution in [0.2, 0.25) is 0 Å². The fourth-order valence-corrected chi connectivity index (χ4v) is 4.87. The van der Waals surface area contributed by atoms with Crippen LogP contribution in [0.15, 0.2) is 44.4 Å². The second-order valence-corrected chi connectivity index (χ2v) is 9.37. The summed E-state index contributed by atoms with van der Waals surface area (Å²) in [5.74, 6) is -0.958. The van der Waals surface area contributed by atoms with Crippen molar-refractivity contribution in [1.82, 2.24) is 24.3 Å². The number of carbonyl (C=O) groups is 2. The summed E-state index contributed by atoms with van der Waals surface area (Å²) >= 11 is 0.951. The highest BCUT2D eigenvalue weighted by molar-refractivity contribution is 7.91. The zero-order valence-corrected chi connectivity index (χ0v) is 18.1. The fraction of sp³-hybridized carbons (Fsp3) is 0.235. The average Bonchev–Trinajstić information content (AvgIpc) is 3.16. The van der Waals surface area contributed by atoms with Crippen LogP contribution in [0, 0.1) is 6.92 Å². The number of hydrogen-bond donors (Lipinski definition) is 3. The molecule has 0 aliphatic carbocycles. The molecule has 0 bridgehead atoms. The molecular formula is C17H17N5O8S2. The van der Waals surface area contributed by atoms with E-state index in [-0.39, 0.29) is 9.90 Å². The quantitative estimate of drug-likeness (QED) is 0.386. The van der Waals surface area contributed by atoms with Gasteiger partial charge in [-0.05, 0) is 19.1 Å². The molecule has 32 heavy (non-hydrogen) atoms. The molecule has 15 heteroatoms. The molecule has 2 aromatic heterocycles. The predicted molar refractivity (Wildman–Crippen MR) is 112 cm³/mol. The van der Waals surface area contributed by atoms with E-state index >= 15 is 0 Å². The molecule has 0 aliphatic heterocycles. The molecule has 13 nitrogen and oxygen atoms in total. The number of amides is 1. The van der Waals surface area contributed by atoms with E-state index in [9.17, 15) is 27.6 Å². The molecule has 0 aliphatic rings. The molecule has 3 aromatic rings. The molecular weight excluding hydrogens is 466 g/mol. The number of hydrogen-bond acceptors (Lipinski definition) is 9. The summed E-state index contributed by atoms with van der Waals surface area (Å²) in [7, 11) is -4.03. The molecule has 0 saturated carbocycles. The SMILES string of the molecule is Cc1cn(CC(=O)N(CCNS(=O)(=O)c2nc3ccccc3s2)OC(=O)O)c(=O)[nH]c1=O. The maximum atomic E-state index is 12.5. The van der Waals surface area contributed by atoms with Gasteiger partial charge in [-0.25, -0.2) is 27.7 Å². The van der Waals surface area contributed by atoms with Crippen LogP contribution in [0.4, 0.5) is 4.79 Å². The third kappa shape index (κ3) is 5.37. The summed E-state index contributed by atoms with van der Waals surface area (Å²) < 4.78 is 28.5. The van der Waals surface area contributed by atoms with Crippen LogP contribution >= 0.6 is 11.3 Å². The molecule has 1 aromatic carbocycles. The zero-order valence-electron chi connectivity index (χ0n) is 16.5. The van der Waals surface area contributed by atoms with Crippen molar-refractivity contribution in [2.24, 2.45) is 0 Å². The van der Waals surface area contributed by atoms with Crippen molar-refractivity contribution in [3.63, 3.8) is 0 Å². The summed E-state index contributed by atoms with van der Waals surface area (Å²) in [6.07, 6.45) is -0.675. The smallest absolute Gasteiger partial charge is 0.448 e. The Kier molecular flexibility index (Phi) is 6.71. The van der Waals surface area contributed by atoms with Crippen LogP contribution < -0.4 is 16.0 Å². The van der Waals surface area contributed by atoms with Crippen molar-refractivity contribution in [1.29, 1.82) is 0 Å². The van der Waals surface area contributed by atoms with Gasteiger partial charge in [0.2, 0.25) is 4.34 Å². The number of hydroxylamine groups is 2. The summed E-state index contributed by atoms with van der Waals surface area (Å²) in [4.78, 5) is 57.1. The van der Waals surface area contributed by atoms with Crippen LogP contribution in [0.3, 0.4) is 0 Å². The van der Waals surface area contributed by atoms with Gasteiger partial charge in [-0.2, -0.15) is 5.06 Å². The van der Waals surface area contributed by atoms with Crippen molar-refractivity contribution in [3.8, 4) is 0 Å². The van der Waals surface area contributed by atoms with E-state index in [2.05, 4.69) is 14.5 Å². The van der Waals surface area contributed by atoms with E-state index in [1.165, 1.54) is 6.92 Å². The maximum absolute atomic E-state index is 12.5. The summed E-state index contributed by atoms with van der Waals surface area (Å²) in [6, 6.07) is 6.83. The number of aromatic nitrogens is 3. The third-order valence-corrected chi connectivity index (χ3v) is 6.95. The van der Waals surface area contributed by atoms with Gasteiger partial charge in [-0.15, -0.1) is 11.3 Å². The van der Waals surface area contributed by atoms with E-state index in [0.717, 1.165) is 22.1 Å². The number of aromatic amines is 1. The number of carbonyl (C=O) groups excluding carboxylic acids is 1. The van der Waals surface area contributed by atoms with Gasteiger partial charge in [0, 0.05) is 18.3 Å². The van der Waals surface area contributed by atoms with Gasteiger partial charge in [0.05, 0.1) is 16.8 Å². The Morgan fingerprint density at radius 2 is 2.03 bits per heavy atom. The minimum absolute atomic E-state index is 0.159. The Labute approximate surface area is 183 Å². The lowest BCUT2D eigenvalue weighted by molar-refractivity contribution is -0.171. The number of benzene rings is 1. The third-order valence-electron chi connectivity index (χ3n) is 4.07. The topological polar surface area (TPSA) is 181 Å². The molecule has 0 unspecified atom stereocenters. The summed E-state index contributed by atoms with van der Waals surface area (Å²) in [5.41, 5.74) is -0.834. The Balaban J connectivity index is 1.69. The van der Waals surface area contributed by atoms with E-state index in [1.54, 1.807) is 24.3 Å². The largest absolute Gasteiger partial charge is 0.530 e. The number of H-pyrrole nitrogens is 1. The minimum Gasteiger partial charge on any atom is -0.448 e. The van der Waals surface area contributed by atoms with Gasteiger partial charge < -0.3 is 9.94 Å². The van der Waals surface area contributed by atoms with Crippen molar-refractivity contribution in [3.05, 3.63) is 56.9 Å². The second-order valence-electron chi connectivity index (χ2n) is 6.40. The first-order valence-corrected chi connectivity index (χ1v) is 11.2. The van der Waals surface area contributed by atoms with Crippen LogP contribution in [-0.4, -0.2) is 58.3 Å². The van der Waals surface area contributed by atoms with Crippen LogP contribution in [0.5, 0.6) is 0 Å². The number of rotatable bonds is 7. The number of carboxylic acid groups (broad SMARTS) is 1. The van der Waals surface area contributed by atoms with Crippen molar-refractivity contribution >= 4 is 43.6 Å². The molecule has 3 N–H and O–H groups in total. The van der Waals surface area contributed by atoms with Gasteiger partial charge in [0.25, 0.3) is 21.5 Å². The second kappa shape index (κ2) is 9.29. The van der Waals surface area contributed by atoms with Gasteiger partial charge in [-0.3, -0.25) is 19.1 Å². The maximum Gasteiger partial charge on any atom is 0.530 e. The molecule has 0 saturated heterocycles. The van der Waals surface area contributed by atoms with Crippen LogP contribution in [-0.2, 0) is 26.2 Å². The lowest BCUT2D eigenvalue weighted by Gasteiger charge is -2.20. The Morgan fingerprint density at radius 1 is 1.31 bits per heavy atom. The van der Waals surface area contributed by atoms with E-state index in [0.29, 0.717) is 15.3 Å². The first kappa shape index (κ1) is 23.1.